The first-order chi connectivity index (χ1) is 11.7. The van der Waals surface area contributed by atoms with E-state index in [-0.39, 0.29) is 13.2 Å². The number of halogens is 1. The molecule has 0 amide bonds. The molecule has 2 rings (SSSR count). The van der Waals surface area contributed by atoms with Crippen molar-refractivity contribution in [1.29, 1.82) is 0 Å². The first-order valence-electron chi connectivity index (χ1n) is 8.05. The van der Waals surface area contributed by atoms with Gasteiger partial charge >= 0.3 is 0 Å². The third-order valence-corrected chi connectivity index (χ3v) is 3.88. The van der Waals surface area contributed by atoms with Crippen molar-refractivity contribution in [2.75, 3.05) is 26.3 Å². The summed E-state index contributed by atoms with van der Waals surface area (Å²) in [7, 11) is 0. The average Bonchev–Trinajstić information content (AvgIpc) is 2.58. The summed E-state index contributed by atoms with van der Waals surface area (Å²) in [6.07, 6.45) is -0.604. The van der Waals surface area contributed by atoms with E-state index < -0.39 is 6.10 Å². The zero-order valence-electron chi connectivity index (χ0n) is 13.6. The van der Waals surface area contributed by atoms with Crippen molar-refractivity contribution < 1.29 is 14.9 Å². The minimum absolute atomic E-state index is 0.0607. The zero-order chi connectivity index (χ0) is 17.2. The van der Waals surface area contributed by atoms with Gasteiger partial charge in [0, 0.05) is 24.7 Å². The highest BCUT2D eigenvalue weighted by molar-refractivity contribution is 6.30. The number of aliphatic hydroxyl groups excluding tert-OH is 2. The summed E-state index contributed by atoms with van der Waals surface area (Å²) in [5, 5.41) is 20.1. The monoisotopic (exact) mass is 349 g/mol. The molecule has 4 nitrogen and oxygen atoms in total. The molecule has 0 bridgehead atoms. The molecule has 2 N–H and O–H groups in total. The van der Waals surface area contributed by atoms with Gasteiger partial charge in [-0.15, -0.1) is 0 Å². The first kappa shape index (κ1) is 18.9. The summed E-state index contributed by atoms with van der Waals surface area (Å²) in [4.78, 5) is 2.02. The van der Waals surface area contributed by atoms with Crippen LogP contribution in [0.1, 0.15) is 11.1 Å². The number of benzene rings is 2. The van der Waals surface area contributed by atoms with Crippen molar-refractivity contribution in [2.45, 2.75) is 19.3 Å². The fourth-order valence-corrected chi connectivity index (χ4v) is 2.59. The lowest BCUT2D eigenvalue weighted by Crippen LogP contribution is -2.36. The molecule has 0 heterocycles. The number of aliphatic hydroxyl groups is 2. The van der Waals surface area contributed by atoms with E-state index in [1.807, 2.05) is 59.5 Å². The summed E-state index contributed by atoms with van der Waals surface area (Å²) in [5.41, 5.74) is 2.17. The van der Waals surface area contributed by atoms with Crippen molar-refractivity contribution in [3.8, 4) is 0 Å². The van der Waals surface area contributed by atoms with E-state index in [1.165, 1.54) is 0 Å². The summed E-state index contributed by atoms with van der Waals surface area (Å²) in [6, 6.07) is 17.5. The molecule has 0 aliphatic carbocycles. The zero-order valence-corrected chi connectivity index (χ0v) is 14.4. The van der Waals surface area contributed by atoms with E-state index in [0.29, 0.717) is 31.3 Å². The van der Waals surface area contributed by atoms with Gasteiger partial charge in [-0.05, 0) is 23.3 Å². The summed E-state index contributed by atoms with van der Waals surface area (Å²) in [6.45, 7) is 2.41. The van der Waals surface area contributed by atoms with Gasteiger partial charge in [0.1, 0.15) is 0 Å². The van der Waals surface area contributed by atoms with Crippen LogP contribution in [0.4, 0.5) is 0 Å². The van der Waals surface area contributed by atoms with Gasteiger partial charge in [0.05, 0.1) is 25.9 Å². The van der Waals surface area contributed by atoms with Crippen molar-refractivity contribution in [3.63, 3.8) is 0 Å². The van der Waals surface area contributed by atoms with E-state index in [2.05, 4.69) is 0 Å². The predicted molar refractivity (Wildman–Crippen MR) is 95.9 cm³/mol. The van der Waals surface area contributed by atoms with Gasteiger partial charge in [-0.25, -0.2) is 0 Å². The van der Waals surface area contributed by atoms with Crippen LogP contribution in [0.3, 0.4) is 0 Å². The molecule has 2 aromatic carbocycles. The smallest absolute Gasteiger partial charge is 0.0900 e. The summed E-state index contributed by atoms with van der Waals surface area (Å²) < 4.78 is 5.57. The largest absolute Gasteiger partial charge is 0.395 e. The van der Waals surface area contributed by atoms with Gasteiger partial charge < -0.3 is 14.9 Å². The standard InChI is InChI=1S/C19H24ClNO3/c20-18-8-6-17(7-9-18)14-24-15-19(23)13-21(10-11-22)12-16-4-2-1-3-5-16/h1-9,19,22-23H,10-15H2. The molecule has 0 spiro atoms. The molecule has 0 saturated carbocycles. The van der Waals surface area contributed by atoms with Gasteiger partial charge in [-0.3, -0.25) is 4.90 Å². The Labute approximate surface area is 148 Å². The van der Waals surface area contributed by atoms with E-state index >= 15 is 0 Å². The van der Waals surface area contributed by atoms with Gasteiger partial charge in [-0.2, -0.15) is 0 Å². The minimum atomic E-state index is -0.604. The Bertz CT molecular complexity index is 577. The number of hydrogen-bond acceptors (Lipinski definition) is 4. The highest BCUT2D eigenvalue weighted by atomic mass is 35.5. The fraction of sp³-hybridized carbons (Fsp3) is 0.368. The van der Waals surface area contributed by atoms with Gasteiger partial charge in [0.2, 0.25) is 0 Å². The van der Waals surface area contributed by atoms with Crippen LogP contribution in [0.25, 0.3) is 0 Å². The number of hydrogen-bond donors (Lipinski definition) is 2. The minimum Gasteiger partial charge on any atom is -0.395 e. The molecule has 0 saturated heterocycles. The third-order valence-electron chi connectivity index (χ3n) is 3.63. The third kappa shape index (κ3) is 6.99. The Hall–Kier alpha value is -1.43. The molecular formula is C19H24ClNO3. The highest BCUT2D eigenvalue weighted by Crippen LogP contribution is 2.10. The molecule has 5 heteroatoms. The lowest BCUT2D eigenvalue weighted by molar-refractivity contribution is 0.00619. The fourth-order valence-electron chi connectivity index (χ4n) is 2.46. The molecule has 2 aromatic rings. The molecule has 1 atom stereocenters. The van der Waals surface area contributed by atoms with Crippen molar-refractivity contribution in [2.24, 2.45) is 0 Å². The Balaban J connectivity index is 1.75. The summed E-state index contributed by atoms with van der Waals surface area (Å²) >= 11 is 5.84. The van der Waals surface area contributed by atoms with Crippen LogP contribution in [0.5, 0.6) is 0 Å². The molecule has 0 fully saturated rings. The predicted octanol–water partition coefficient (Wildman–Crippen LogP) is 2.71. The summed E-state index contributed by atoms with van der Waals surface area (Å²) in [5.74, 6) is 0. The molecule has 0 radical (unpaired) electrons. The van der Waals surface area contributed by atoms with Crippen LogP contribution >= 0.6 is 11.6 Å². The SMILES string of the molecule is OCCN(Cc1ccccc1)CC(O)COCc1ccc(Cl)cc1. The molecule has 0 aliphatic rings. The second-order valence-electron chi connectivity index (χ2n) is 5.74. The van der Waals surface area contributed by atoms with Crippen LogP contribution in [-0.2, 0) is 17.9 Å². The number of ether oxygens (including phenoxy) is 1. The van der Waals surface area contributed by atoms with Crippen LogP contribution in [-0.4, -0.2) is 47.5 Å². The normalized spacial score (nSPS) is 12.5. The van der Waals surface area contributed by atoms with E-state index in [9.17, 15) is 10.2 Å². The second-order valence-corrected chi connectivity index (χ2v) is 6.18. The van der Waals surface area contributed by atoms with Crippen molar-refractivity contribution in [3.05, 3.63) is 70.7 Å². The van der Waals surface area contributed by atoms with E-state index in [4.69, 9.17) is 16.3 Å². The van der Waals surface area contributed by atoms with Crippen LogP contribution in [0.15, 0.2) is 54.6 Å². The lowest BCUT2D eigenvalue weighted by Gasteiger charge is -2.24. The Morgan fingerprint density at radius 3 is 2.38 bits per heavy atom. The van der Waals surface area contributed by atoms with Gasteiger partial charge in [0.25, 0.3) is 0 Å². The van der Waals surface area contributed by atoms with Crippen LogP contribution < -0.4 is 0 Å². The van der Waals surface area contributed by atoms with Gasteiger partial charge in [0.15, 0.2) is 0 Å². The van der Waals surface area contributed by atoms with E-state index in [0.717, 1.165) is 11.1 Å². The van der Waals surface area contributed by atoms with Crippen molar-refractivity contribution in [1.82, 2.24) is 4.90 Å². The maximum atomic E-state index is 10.2. The van der Waals surface area contributed by atoms with Crippen molar-refractivity contribution >= 4 is 11.6 Å². The number of nitrogens with zero attached hydrogens (tertiary/aromatic N) is 1. The number of rotatable bonds is 10. The maximum absolute atomic E-state index is 10.2. The first-order valence-corrected chi connectivity index (χ1v) is 8.42. The Morgan fingerprint density at radius 1 is 1.00 bits per heavy atom. The quantitative estimate of drug-likeness (QED) is 0.692. The molecule has 0 aromatic heterocycles. The van der Waals surface area contributed by atoms with Crippen LogP contribution in [0.2, 0.25) is 5.02 Å². The van der Waals surface area contributed by atoms with E-state index in [1.54, 1.807) is 0 Å². The molecule has 130 valence electrons. The van der Waals surface area contributed by atoms with Gasteiger partial charge in [-0.1, -0.05) is 54.1 Å². The Kier molecular flexibility index (Phi) is 8.22. The highest BCUT2D eigenvalue weighted by Gasteiger charge is 2.12. The van der Waals surface area contributed by atoms with Crippen LogP contribution in [0, 0.1) is 0 Å². The molecule has 24 heavy (non-hydrogen) atoms. The average molecular weight is 350 g/mol. The topological polar surface area (TPSA) is 52.9 Å². The molecule has 0 aliphatic heterocycles. The Morgan fingerprint density at radius 2 is 1.71 bits per heavy atom. The maximum Gasteiger partial charge on any atom is 0.0900 e. The second kappa shape index (κ2) is 10.4. The lowest BCUT2D eigenvalue weighted by atomic mass is 10.2. The molecule has 1 unspecified atom stereocenters. The molecular weight excluding hydrogens is 326 g/mol.